The van der Waals surface area contributed by atoms with E-state index < -0.39 is 11.5 Å². The highest BCUT2D eigenvalue weighted by Crippen LogP contribution is 2.59. The highest BCUT2D eigenvalue weighted by Gasteiger charge is 2.55. The molecule has 4 atom stereocenters. The molecule has 2 saturated heterocycles. The third-order valence-electron chi connectivity index (χ3n) is 13.6. The van der Waals surface area contributed by atoms with Crippen molar-refractivity contribution in [1.82, 2.24) is 24.8 Å². The molecule has 2 aromatic heterocycles. The van der Waals surface area contributed by atoms with Gasteiger partial charge in [-0.1, -0.05) is 60.7 Å². The summed E-state index contributed by atoms with van der Waals surface area (Å²) in [4.78, 5) is 42.4. The molecule has 2 bridgehead atoms. The summed E-state index contributed by atoms with van der Waals surface area (Å²) in [5, 5.41) is 0. The molecule has 9 nitrogen and oxygen atoms in total. The zero-order valence-electron chi connectivity index (χ0n) is 33.9. The number of aromatic nitrogens is 3. The smallest absolute Gasteiger partial charge is 0.411 e. The number of amides is 2. The topological polar surface area (TPSA) is 104 Å². The second kappa shape index (κ2) is 13.3. The number of piperidine rings is 1. The quantitative estimate of drug-likeness (QED) is 0.174. The van der Waals surface area contributed by atoms with Gasteiger partial charge < -0.3 is 19.4 Å². The van der Waals surface area contributed by atoms with Crippen LogP contribution in [0.1, 0.15) is 99.6 Å². The summed E-state index contributed by atoms with van der Waals surface area (Å²) in [7, 11) is 0. The van der Waals surface area contributed by atoms with Gasteiger partial charge in [-0.3, -0.25) is 9.80 Å². The minimum atomic E-state index is -3.21. The number of nitrogens with one attached hydrogen (secondary N) is 2. The minimum Gasteiger partial charge on any atom is -0.445 e. The van der Waals surface area contributed by atoms with Gasteiger partial charge in [0.15, 0.2) is 0 Å². The van der Waals surface area contributed by atoms with Crippen molar-refractivity contribution in [1.29, 1.82) is 0 Å². The van der Waals surface area contributed by atoms with Gasteiger partial charge in [0.05, 0.1) is 23.1 Å². The van der Waals surface area contributed by atoms with E-state index in [0.29, 0.717) is 34.7 Å². The Morgan fingerprint density at radius 1 is 0.833 bits per heavy atom. The number of rotatable bonds is 6. The van der Waals surface area contributed by atoms with Crippen molar-refractivity contribution in [2.75, 3.05) is 6.54 Å². The number of nitrogens with zero attached hydrogens (tertiary/aromatic N) is 3. The molecular weight excluding hydrogens is 761 g/mol. The average Bonchev–Trinajstić information content (AvgIpc) is 3.88. The Morgan fingerprint density at radius 2 is 1.55 bits per heavy atom. The number of carbonyl (C=O) groups is 2. The van der Waals surface area contributed by atoms with E-state index >= 15 is 8.78 Å². The second-order valence-corrected chi connectivity index (χ2v) is 18.7. The van der Waals surface area contributed by atoms with Gasteiger partial charge in [-0.25, -0.2) is 14.6 Å². The molecule has 4 fully saturated rings. The zero-order valence-corrected chi connectivity index (χ0v) is 33.9. The number of aromatic amines is 2. The van der Waals surface area contributed by atoms with Crippen LogP contribution in [0, 0.1) is 11.3 Å². The zero-order chi connectivity index (χ0) is 41.1. The molecule has 2 saturated carbocycles. The normalized spacial score (nSPS) is 23.0. The molecule has 4 aromatic carbocycles. The fourth-order valence-corrected chi connectivity index (χ4v) is 10.5. The number of fused-ring (bicyclic) bond motifs is 6. The lowest BCUT2D eigenvalue weighted by Gasteiger charge is -2.35. The van der Waals surface area contributed by atoms with E-state index in [1.165, 1.54) is 0 Å². The summed E-state index contributed by atoms with van der Waals surface area (Å²) in [5.41, 5.74) is 6.72. The molecule has 1 spiro atoms. The van der Waals surface area contributed by atoms with E-state index in [0.717, 1.165) is 77.9 Å². The number of ether oxygens (including phenoxy) is 2. The molecule has 5 aliphatic rings. The van der Waals surface area contributed by atoms with Crippen LogP contribution >= 0.6 is 0 Å². The van der Waals surface area contributed by atoms with Crippen molar-refractivity contribution in [3.8, 4) is 33.5 Å². The number of carbonyl (C=O) groups excluding carboxylic acids is 2. The van der Waals surface area contributed by atoms with E-state index in [1.54, 1.807) is 24.3 Å². The maximum Gasteiger partial charge on any atom is 0.411 e. The Bertz CT molecular complexity index is 2690. The first-order valence-electron chi connectivity index (χ1n) is 21.2. The molecular formula is C49H47F2N5O4. The third kappa shape index (κ3) is 6.18. The molecule has 306 valence electrons. The number of imidazole rings is 1. The monoisotopic (exact) mass is 807 g/mol. The summed E-state index contributed by atoms with van der Waals surface area (Å²) in [6.07, 6.45) is 5.27. The number of hydrogen-bond donors (Lipinski definition) is 2. The van der Waals surface area contributed by atoms with Crippen molar-refractivity contribution in [2.45, 2.75) is 95.6 Å². The van der Waals surface area contributed by atoms with Crippen LogP contribution in [0.3, 0.4) is 0 Å². The van der Waals surface area contributed by atoms with Gasteiger partial charge in [-0.05, 0) is 140 Å². The van der Waals surface area contributed by atoms with Crippen molar-refractivity contribution in [3.05, 3.63) is 125 Å². The molecule has 2 N–H and O–H groups in total. The van der Waals surface area contributed by atoms with Gasteiger partial charge >= 0.3 is 12.2 Å². The fourth-order valence-electron chi connectivity index (χ4n) is 10.5. The Balaban J connectivity index is 0.837. The van der Waals surface area contributed by atoms with Gasteiger partial charge in [0, 0.05) is 35.1 Å². The van der Waals surface area contributed by atoms with Gasteiger partial charge in [-0.15, -0.1) is 0 Å². The van der Waals surface area contributed by atoms with Crippen LogP contribution in [0.2, 0.25) is 0 Å². The van der Waals surface area contributed by atoms with Gasteiger partial charge in [-0.2, -0.15) is 8.78 Å². The van der Waals surface area contributed by atoms with Crippen molar-refractivity contribution in [3.63, 3.8) is 0 Å². The van der Waals surface area contributed by atoms with Crippen molar-refractivity contribution < 1.29 is 27.8 Å². The summed E-state index contributed by atoms with van der Waals surface area (Å²) in [5.74, 6) is -2.18. The van der Waals surface area contributed by atoms with Crippen LogP contribution in [0.5, 0.6) is 0 Å². The molecule has 2 aliphatic heterocycles. The number of alkyl halides is 2. The predicted molar refractivity (Wildman–Crippen MR) is 224 cm³/mol. The van der Waals surface area contributed by atoms with Gasteiger partial charge in [0.1, 0.15) is 18.0 Å². The lowest BCUT2D eigenvalue weighted by Crippen LogP contribution is -2.43. The molecule has 4 heterocycles. The number of hydrogen-bond acceptors (Lipinski definition) is 5. The molecule has 6 aromatic rings. The standard InChI is InChI=1S/C49H47F2N5O4/c1-47(2,3)60-46(58)56-33-13-9-32(21-33)43(56)44-53-39-16-12-30(24-41(39)54-44)29-10-14-34-35-15-11-31(23-37(35)49(50,51)36(34)22-29)38-17-18-40(52-38)42-25-48(19-20-48)27-55(42)45(57)59-26-28-7-5-4-6-8-28/h4-8,10-12,14-18,22-24,32-33,42-43,52H,9,13,19-21,25-27H2,1-3H3,(H,53,54)/t32-,33+,42+,43+/m1/s1. The van der Waals surface area contributed by atoms with E-state index in [9.17, 15) is 9.59 Å². The second-order valence-electron chi connectivity index (χ2n) is 18.7. The number of halogens is 2. The van der Waals surface area contributed by atoms with Crippen LogP contribution in [0.4, 0.5) is 18.4 Å². The van der Waals surface area contributed by atoms with Crippen LogP contribution in [-0.4, -0.2) is 55.1 Å². The maximum absolute atomic E-state index is 16.6. The summed E-state index contributed by atoms with van der Waals surface area (Å²) >= 11 is 0. The minimum absolute atomic E-state index is 0.0231. The van der Waals surface area contributed by atoms with Gasteiger partial charge in [0.25, 0.3) is 5.92 Å². The first-order valence-corrected chi connectivity index (χ1v) is 21.2. The van der Waals surface area contributed by atoms with Crippen LogP contribution in [0.15, 0.2) is 97.1 Å². The molecule has 0 radical (unpaired) electrons. The average molecular weight is 808 g/mol. The summed E-state index contributed by atoms with van der Waals surface area (Å²) < 4.78 is 44.7. The van der Waals surface area contributed by atoms with Crippen LogP contribution in [-0.2, 0) is 22.0 Å². The Labute approximate surface area is 347 Å². The fraction of sp³-hybridized carbons (Fsp3) is 0.367. The Hall–Kier alpha value is -5.97. The van der Waals surface area contributed by atoms with E-state index in [-0.39, 0.29) is 53.5 Å². The van der Waals surface area contributed by atoms with Crippen LogP contribution in [0.25, 0.3) is 44.5 Å². The first-order chi connectivity index (χ1) is 28.8. The predicted octanol–water partition coefficient (Wildman–Crippen LogP) is 11.7. The lowest BCUT2D eigenvalue weighted by molar-refractivity contribution is 0.00620. The molecule has 3 aliphatic carbocycles. The van der Waals surface area contributed by atoms with Crippen molar-refractivity contribution in [2.24, 2.45) is 11.3 Å². The van der Waals surface area contributed by atoms with E-state index in [4.69, 9.17) is 14.5 Å². The lowest BCUT2D eigenvalue weighted by atomic mass is 9.98. The molecule has 60 heavy (non-hydrogen) atoms. The van der Waals surface area contributed by atoms with E-state index in [1.807, 2.05) is 103 Å². The highest BCUT2D eigenvalue weighted by atomic mass is 19.3. The molecule has 11 heteroatoms. The van der Waals surface area contributed by atoms with Crippen LogP contribution < -0.4 is 0 Å². The SMILES string of the molecule is CC(C)(C)OC(=O)N1[C@H]2CC[C@H](C2)[C@H]1c1nc2ccc(-c3ccc4c(c3)C(F)(F)c3cc(-c5ccc([C@@H]6CC7(CC7)CN6C(=O)OCc6ccccc6)[nH]5)ccc3-4)cc2[nH]1. The molecule has 0 unspecified atom stereocenters. The first kappa shape index (κ1) is 37.1. The number of H-pyrrole nitrogens is 2. The highest BCUT2D eigenvalue weighted by molar-refractivity contribution is 5.87. The summed E-state index contributed by atoms with van der Waals surface area (Å²) in [6, 6.07) is 29.7. The largest absolute Gasteiger partial charge is 0.445 e. The third-order valence-corrected chi connectivity index (χ3v) is 13.6. The summed E-state index contributed by atoms with van der Waals surface area (Å²) in [6.45, 7) is 6.49. The van der Waals surface area contributed by atoms with Crippen molar-refractivity contribution >= 4 is 23.2 Å². The van der Waals surface area contributed by atoms with E-state index in [2.05, 4.69) is 9.97 Å². The number of benzene rings is 4. The maximum atomic E-state index is 16.6. The molecule has 11 rings (SSSR count). The Morgan fingerprint density at radius 3 is 2.30 bits per heavy atom. The Kier molecular flexibility index (Phi) is 8.19. The molecule has 2 amide bonds. The number of likely N-dealkylation sites (tertiary alicyclic amines) is 2. The van der Waals surface area contributed by atoms with Gasteiger partial charge in [0.2, 0.25) is 0 Å².